The van der Waals surface area contributed by atoms with E-state index in [0.29, 0.717) is 11.8 Å². The van der Waals surface area contributed by atoms with E-state index in [4.69, 9.17) is 4.52 Å². The Balaban J connectivity index is 1.53. The normalized spacial score (nSPS) is 35.4. The summed E-state index contributed by atoms with van der Waals surface area (Å²) in [6.45, 7) is 3.79. The second-order valence-corrected chi connectivity index (χ2v) is 6.80. The van der Waals surface area contributed by atoms with E-state index < -0.39 is 0 Å². The molecular weight excluding hydrogens is 266 g/mol. The van der Waals surface area contributed by atoms with Gasteiger partial charge in [-0.05, 0) is 51.0 Å². The average molecular weight is 289 g/mol. The molecule has 2 aliphatic heterocycles. The van der Waals surface area contributed by atoms with Crippen LogP contribution < -0.4 is 5.32 Å². The molecule has 0 aromatic carbocycles. The summed E-state index contributed by atoms with van der Waals surface area (Å²) in [7, 11) is 0. The molecule has 5 heteroatoms. The number of carbonyl (C=O) groups excluding carboxylic acids is 1. The SMILES string of the molecule is Cc1cc(C2CCCN2C(=O)C2NCC3CCCC32)on1. The third-order valence-electron chi connectivity index (χ3n) is 5.52. The predicted octanol–water partition coefficient (Wildman–Crippen LogP) is 2.03. The minimum atomic E-state index is 0.0297. The van der Waals surface area contributed by atoms with Gasteiger partial charge in [-0.15, -0.1) is 0 Å². The summed E-state index contributed by atoms with van der Waals surface area (Å²) in [5, 5.41) is 7.45. The Bertz CT molecular complexity index is 541. The quantitative estimate of drug-likeness (QED) is 0.905. The van der Waals surface area contributed by atoms with Crippen molar-refractivity contribution in [1.29, 1.82) is 0 Å². The second-order valence-electron chi connectivity index (χ2n) is 6.80. The van der Waals surface area contributed by atoms with Gasteiger partial charge < -0.3 is 14.7 Å². The van der Waals surface area contributed by atoms with Crippen molar-refractivity contribution in [2.75, 3.05) is 13.1 Å². The molecule has 4 atom stereocenters. The molecule has 0 bridgehead atoms. The molecule has 4 unspecified atom stereocenters. The molecule has 0 radical (unpaired) electrons. The van der Waals surface area contributed by atoms with Crippen LogP contribution in [0.1, 0.15) is 49.6 Å². The van der Waals surface area contributed by atoms with Gasteiger partial charge in [0.15, 0.2) is 5.76 Å². The number of carbonyl (C=O) groups is 1. The van der Waals surface area contributed by atoms with Crippen LogP contribution in [-0.4, -0.2) is 35.1 Å². The molecule has 114 valence electrons. The van der Waals surface area contributed by atoms with Crippen molar-refractivity contribution >= 4 is 5.91 Å². The van der Waals surface area contributed by atoms with E-state index in [9.17, 15) is 4.79 Å². The van der Waals surface area contributed by atoms with Gasteiger partial charge in [-0.2, -0.15) is 0 Å². The van der Waals surface area contributed by atoms with Gasteiger partial charge in [-0.3, -0.25) is 4.79 Å². The predicted molar refractivity (Wildman–Crippen MR) is 77.5 cm³/mol. The van der Waals surface area contributed by atoms with Crippen molar-refractivity contribution in [2.45, 2.75) is 51.1 Å². The first-order valence-corrected chi connectivity index (χ1v) is 8.21. The van der Waals surface area contributed by atoms with Crippen molar-refractivity contribution in [3.8, 4) is 0 Å². The Kier molecular flexibility index (Phi) is 3.25. The topological polar surface area (TPSA) is 58.4 Å². The number of amides is 1. The van der Waals surface area contributed by atoms with E-state index in [2.05, 4.69) is 10.5 Å². The zero-order valence-corrected chi connectivity index (χ0v) is 12.5. The van der Waals surface area contributed by atoms with E-state index in [1.165, 1.54) is 19.3 Å². The van der Waals surface area contributed by atoms with Gasteiger partial charge in [0.05, 0.1) is 17.8 Å². The van der Waals surface area contributed by atoms with Crippen LogP contribution in [-0.2, 0) is 4.79 Å². The third-order valence-corrected chi connectivity index (χ3v) is 5.52. The molecule has 1 aliphatic carbocycles. The third kappa shape index (κ3) is 2.18. The summed E-state index contributed by atoms with van der Waals surface area (Å²) in [5.41, 5.74) is 0.888. The lowest BCUT2D eigenvalue weighted by atomic mass is 9.93. The molecular formula is C16H23N3O2. The van der Waals surface area contributed by atoms with E-state index >= 15 is 0 Å². The summed E-state index contributed by atoms with van der Waals surface area (Å²) in [6, 6.07) is 2.08. The van der Waals surface area contributed by atoms with Crippen molar-refractivity contribution in [2.24, 2.45) is 11.8 Å². The standard InChI is InChI=1S/C16H23N3O2/c1-10-8-14(21-18-10)13-6-3-7-19(13)16(20)15-12-5-2-4-11(12)9-17-15/h8,11-13,15,17H,2-7,9H2,1H3. The first-order valence-electron chi connectivity index (χ1n) is 8.21. The Morgan fingerprint density at radius 3 is 3.10 bits per heavy atom. The van der Waals surface area contributed by atoms with Gasteiger partial charge >= 0.3 is 0 Å². The minimum absolute atomic E-state index is 0.0297. The minimum Gasteiger partial charge on any atom is -0.359 e. The number of aryl methyl sites for hydroxylation is 1. The lowest BCUT2D eigenvalue weighted by Crippen LogP contribution is -2.46. The van der Waals surface area contributed by atoms with Crippen LogP contribution in [0.2, 0.25) is 0 Å². The molecule has 21 heavy (non-hydrogen) atoms. The Morgan fingerprint density at radius 1 is 1.38 bits per heavy atom. The molecule has 1 amide bonds. The smallest absolute Gasteiger partial charge is 0.240 e. The molecule has 3 fully saturated rings. The van der Waals surface area contributed by atoms with Gasteiger partial charge in [0, 0.05) is 12.6 Å². The fourth-order valence-corrected chi connectivity index (χ4v) is 4.50. The first kappa shape index (κ1) is 13.3. The average Bonchev–Trinajstić information content (AvgIpc) is 3.21. The number of rotatable bonds is 2. The van der Waals surface area contributed by atoms with Gasteiger partial charge in [-0.1, -0.05) is 11.6 Å². The van der Waals surface area contributed by atoms with E-state index in [-0.39, 0.29) is 18.0 Å². The summed E-state index contributed by atoms with van der Waals surface area (Å²) >= 11 is 0. The van der Waals surface area contributed by atoms with Crippen molar-refractivity contribution in [3.63, 3.8) is 0 Å². The van der Waals surface area contributed by atoms with E-state index in [1.807, 2.05) is 17.9 Å². The summed E-state index contributed by atoms with van der Waals surface area (Å²) in [4.78, 5) is 15.0. The number of fused-ring (bicyclic) bond motifs is 1. The Morgan fingerprint density at radius 2 is 2.29 bits per heavy atom. The van der Waals surface area contributed by atoms with Crippen LogP contribution in [0.5, 0.6) is 0 Å². The van der Waals surface area contributed by atoms with E-state index in [0.717, 1.165) is 37.4 Å². The number of aromatic nitrogens is 1. The number of hydrogen-bond acceptors (Lipinski definition) is 4. The highest BCUT2D eigenvalue weighted by molar-refractivity contribution is 5.83. The summed E-state index contributed by atoms with van der Waals surface area (Å²) in [5.74, 6) is 2.39. The largest absolute Gasteiger partial charge is 0.359 e. The van der Waals surface area contributed by atoms with E-state index in [1.54, 1.807) is 0 Å². The molecule has 3 heterocycles. The lowest BCUT2D eigenvalue weighted by Gasteiger charge is -2.28. The monoisotopic (exact) mass is 289 g/mol. The highest BCUT2D eigenvalue weighted by Crippen LogP contribution is 2.40. The van der Waals surface area contributed by atoms with Crippen molar-refractivity contribution < 1.29 is 9.32 Å². The van der Waals surface area contributed by atoms with Gasteiger partial charge in [0.1, 0.15) is 0 Å². The van der Waals surface area contributed by atoms with Gasteiger partial charge in [0.2, 0.25) is 5.91 Å². The maximum Gasteiger partial charge on any atom is 0.240 e. The highest BCUT2D eigenvalue weighted by atomic mass is 16.5. The molecule has 2 saturated heterocycles. The number of nitrogens with zero attached hydrogens (tertiary/aromatic N) is 2. The summed E-state index contributed by atoms with van der Waals surface area (Å²) in [6.07, 6.45) is 5.81. The number of nitrogens with one attached hydrogen (secondary N) is 1. The zero-order valence-electron chi connectivity index (χ0n) is 12.5. The Labute approximate surface area is 125 Å². The fraction of sp³-hybridized carbons (Fsp3) is 0.750. The van der Waals surface area contributed by atoms with Crippen LogP contribution >= 0.6 is 0 Å². The molecule has 5 nitrogen and oxygen atoms in total. The fourth-order valence-electron chi connectivity index (χ4n) is 4.50. The number of likely N-dealkylation sites (tertiary alicyclic amines) is 1. The molecule has 1 saturated carbocycles. The Hall–Kier alpha value is -1.36. The lowest BCUT2D eigenvalue weighted by molar-refractivity contribution is -0.135. The molecule has 1 aromatic heterocycles. The molecule has 4 rings (SSSR count). The molecule has 0 spiro atoms. The van der Waals surface area contributed by atoms with Crippen molar-refractivity contribution in [1.82, 2.24) is 15.4 Å². The van der Waals surface area contributed by atoms with Crippen LogP contribution in [0.3, 0.4) is 0 Å². The number of hydrogen-bond donors (Lipinski definition) is 1. The molecule has 1 aromatic rings. The van der Waals surface area contributed by atoms with Gasteiger partial charge in [0.25, 0.3) is 0 Å². The van der Waals surface area contributed by atoms with Crippen LogP contribution in [0.15, 0.2) is 10.6 Å². The summed E-state index contributed by atoms with van der Waals surface area (Å²) < 4.78 is 5.41. The van der Waals surface area contributed by atoms with Crippen LogP contribution in [0.25, 0.3) is 0 Å². The highest BCUT2D eigenvalue weighted by Gasteiger charge is 2.46. The second kappa shape index (κ2) is 5.13. The van der Waals surface area contributed by atoms with Gasteiger partial charge in [-0.25, -0.2) is 0 Å². The molecule has 1 N–H and O–H groups in total. The maximum atomic E-state index is 13.0. The van der Waals surface area contributed by atoms with Crippen LogP contribution in [0, 0.1) is 18.8 Å². The zero-order chi connectivity index (χ0) is 14.4. The maximum absolute atomic E-state index is 13.0. The van der Waals surface area contributed by atoms with Crippen LogP contribution in [0.4, 0.5) is 0 Å². The van der Waals surface area contributed by atoms with Crippen molar-refractivity contribution in [3.05, 3.63) is 17.5 Å². The first-order chi connectivity index (χ1) is 10.2. The molecule has 3 aliphatic rings.